The third-order valence-electron chi connectivity index (χ3n) is 3.65. The minimum Gasteiger partial charge on any atom is -0.309 e. The molecular weight excluding hydrogens is 272 g/mol. The van der Waals surface area contributed by atoms with Crippen molar-refractivity contribution in [2.24, 2.45) is 0 Å². The summed E-state index contributed by atoms with van der Waals surface area (Å²) >= 11 is 0. The molecule has 1 saturated heterocycles. The maximum absolute atomic E-state index is 11.6. The average molecular weight is 296 g/mol. The lowest BCUT2D eigenvalue weighted by atomic mass is 10.1. The van der Waals surface area contributed by atoms with Crippen LogP contribution in [0.3, 0.4) is 0 Å². The molecule has 112 valence electrons. The molecule has 1 aliphatic rings. The fourth-order valence-corrected chi connectivity index (χ4v) is 4.33. The van der Waals surface area contributed by atoms with Gasteiger partial charge < -0.3 is 10.2 Å². The lowest BCUT2D eigenvalue weighted by Gasteiger charge is -2.24. The number of sulfone groups is 1. The average Bonchev–Trinajstić information content (AvgIpc) is 2.36. The summed E-state index contributed by atoms with van der Waals surface area (Å²) in [7, 11) is 1.27. The van der Waals surface area contributed by atoms with Crippen molar-refractivity contribution in [2.45, 2.75) is 32.0 Å². The van der Waals surface area contributed by atoms with E-state index in [1.165, 1.54) is 11.1 Å². The fourth-order valence-electron chi connectivity index (χ4n) is 2.66. The summed E-state index contributed by atoms with van der Waals surface area (Å²) in [5, 5.41) is 3.41. The van der Waals surface area contributed by atoms with Crippen molar-refractivity contribution in [3.8, 4) is 0 Å². The molecule has 0 spiro atoms. The second-order valence-corrected chi connectivity index (χ2v) is 8.07. The molecule has 0 radical (unpaired) electrons. The van der Waals surface area contributed by atoms with Crippen LogP contribution in [0.25, 0.3) is 0 Å². The van der Waals surface area contributed by atoms with Crippen molar-refractivity contribution in [3.05, 3.63) is 35.4 Å². The van der Waals surface area contributed by atoms with E-state index in [0.717, 1.165) is 25.9 Å². The first kappa shape index (κ1) is 15.5. The van der Waals surface area contributed by atoms with E-state index in [-0.39, 0.29) is 11.8 Å². The molecule has 0 saturated carbocycles. The normalized spacial score (nSPS) is 22.1. The first-order valence-corrected chi connectivity index (χ1v) is 8.94. The molecule has 4 nitrogen and oxygen atoms in total. The van der Waals surface area contributed by atoms with Gasteiger partial charge in [0.15, 0.2) is 9.84 Å². The fraction of sp³-hybridized carbons (Fsp3) is 0.600. The first-order valence-electron chi connectivity index (χ1n) is 7.11. The Balaban J connectivity index is 1.97. The molecule has 1 N–H and O–H groups in total. The van der Waals surface area contributed by atoms with Gasteiger partial charge in [0, 0.05) is 19.1 Å². The zero-order valence-corrected chi connectivity index (χ0v) is 13.1. The van der Waals surface area contributed by atoms with Crippen molar-refractivity contribution >= 4 is 9.84 Å². The Morgan fingerprint density at radius 3 is 2.60 bits per heavy atom. The number of benzene rings is 1. The van der Waals surface area contributed by atoms with E-state index in [2.05, 4.69) is 36.4 Å². The molecule has 5 heteroatoms. The Kier molecular flexibility index (Phi) is 5.18. The summed E-state index contributed by atoms with van der Waals surface area (Å²) in [6, 6.07) is 8.43. The maximum Gasteiger partial charge on any atom is 0.151 e. The van der Waals surface area contributed by atoms with E-state index < -0.39 is 9.84 Å². The van der Waals surface area contributed by atoms with E-state index >= 15 is 0 Å². The van der Waals surface area contributed by atoms with Gasteiger partial charge in [0.25, 0.3) is 0 Å². The van der Waals surface area contributed by atoms with Crippen LogP contribution in [0.2, 0.25) is 0 Å². The highest BCUT2D eigenvalue weighted by atomic mass is 32.2. The smallest absolute Gasteiger partial charge is 0.151 e. The Morgan fingerprint density at radius 1 is 1.25 bits per heavy atom. The third kappa shape index (κ3) is 4.58. The Bertz CT molecular complexity index is 541. The van der Waals surface area contributed by atoms with Crippen molar-refractivity contribution in [2.75, 3.05) is 25.6 Å². The van der Waals surface area contributed by atoms with E-state index in [4.69, 9.17) is 0 Å². The summed E-state index contributed by atoms with van der Waals surface area (Å²) in [6.07, 6.45) is 1.73. The van der Waals surface area contributed by atoms with Gasteiger partial charge in [-0.05, 0) is 38.1 Å². The molecule has 0 amide bonds. The lowest BCUT2D eigenvalue weighted by Crippen LogP contribution is -2.39. The summed E-state index contributed by atoms with van der Waals surface area (Å²) in [4.78, 5) is 2.14. The van der Waals surface area contributed by atoms with Crippen molar-refractivity contribution < 1.29 is 8.42 Å². The second kappa shape index (κ2) is 6.70. The Labute approximate surface area is 122 Å². The van der Waals surface area contributed by atoms with Crippen LogP contribution in [0.1, 0.15) is 24.0 Å². The maximum atomic E-state index is 11.6. The predicted molar refractivity (Wildman–Crippen MR) is 82.3 cm³/mol. The number of hydrogen-bond acceptors (Lipinski definition) is 4. The van der Waals surface area contributed by atoms with Crippen LogP contribution in [0.15, 0.2) is 24.3 Å². The summed E-state index contributed by atoms with van der Waals surface area (Å²) in [5.74, 6) is 0.630. The van der Waals surface area contributed by atoms with Crippen LogP contribution in [0.4, 0.5) is 0 Å². The zero-order valence-electron chi connectivity index (χ0n) is 12.3. The highest BCUT2D eigenvalue weighted by Crippen LogP contribution is 2.15. The largest absolute Gasteiger partial charge is 0.309 e. The van der Waals surface area contributed by atoms with Crippen LogP contribution < -0.4 is 5.32 Å². The number of nitrogens with one attached hydrogen (secondary N) is 1. The lowest BCUT2D eigenvalue weighted by molar-refractivity contribution is 0.399. The Hall–Kier alpha value is -0.910. The standard InChI is InChI=1S/C15H24N2O2S/c1-17(2)11-14-7-4-3-6-13(14)10-16-15-8-5-9-20(18,19)12-15/h3-4,6-7,15-16H,5,8-12H2,1-2H3. The van der Waals surface area contributed by atoms with E-state index in [1.807, 2.05) is 12.1 Å². The van der Waals surface area contributed by atoms with Gasteiger partial charge >= 0.3 is 0 Å². The SMILES string of the molecule is CN(C)Cc1ccccc1CNC1CCCS(=O)(=O)C1. The van der Waals surface area contributed by atoms with Gasteiger partial charge in [-0.1, -0.05) is 24.3 Å². The van der Waals surface area contributed by atoms with Gasteiger partial charge in [-0.25, -0.2) is 8.42 Å². The Morgan fingerprint density at radius 2 is 1.95 bits per heavy atom. The van der Waals surface area contributed by atoms with E-state index in [9.17, 15) is 8.42 Å². The first-order chi connectivity index (χ1) is 9.46. The molecule has 1 atom stereocenters. The van der Waals surface area contributed by atoms with Gasteiger partial charge in [0.1, 0.15) is 0 Å². The molecule has 1 aliphatic heterocycles. The van der Waals surface area contributed by atoms with Crippen molar-refractivity contribution in [3.63, 3.8) is 0 Å². The number of nitrogens with zero attached hydrogens (tertiary/aromatic N) is 1. The molecule has 1 aromatic rings. The predicted octanol–water partition coefficient (Wildman–Crippen LogP) is 1.42. The molecule has 1 heterocycles. The molecule has 0 bridgehead atoms. The van der Waals surface area contributed by atoms with Crippen LogP contribution in [-0.4, -0.2) is 45.0 Å². The minimum atomic E-state index is -2.84. The van der Waals surface area contributed by atoms with Crippen LogP contribution in [0.5, 0.6) is 0 Å². The van der Waals surface area contributed by atoms with Crippen molar-refractivity contribution in [1.82, 2.24) is 10.2 Å². The highest BCUT2D eigenvalue weighted by molar-refractivity contribution is 7.91. The molecule has 1 fully saturated rings. The molecule has 1 aromatic carbocycles. The quantitative estimate of drug-likeness (QED) is 0.893. The zero-order chi connectivity index (χ0) is 14.6. The molecule has 0 aliphatic carbocycles. The summed E-state index contributed by atoms with van der Waals surface area (Å²) in [5.41, 5.74) is 2.55. The topological polar surface area (TPSA) is 49.4 Å². The highest BCUT2D eigenvalue weighted by Gasteiger charge is 2.24. The molecule has 2 rings (SSSR count). The monoisotopic (exact) mass is 296 g/mol. The van der Waals surface area contributed by atoms with Crippen LogP contribution in [0, 0.1) is 0 Å². The third-order valence-corrected chi connectivity index (χ3v) is 5.47. The molecular formula is C15H24N2O2S. The summed E-state index contributed by atoms with van der Waals surface area (Å²) < 4.78 is 23.3. The van der Waals surface area contributed by atoms with E-state index in [1.54, 1.807) is 0 Å². The van der Waals surface area contributed by atoms with Gasteiger partial charge in [-0.15, -0.1) is 0 Å². The van der Waals surface area contributed by atoms with Crippen LogP contribution >= 0.6 is 0 Å². The van der Waals surface area contributed by atoms with Crippen LogP contribution in [-0.2, 0) is 22.9 Å². The summed E-state index contributed by atoms with van der Waals surface area (Å²) in [6.45, 7) is 1.64. The second-order valence-electron chi connectivity index (χ2n) is 5.84. The number of hydrogen-bond donors (Lipinski definition) is 1. The minimum absolute atomic E-state index is 0.0983. The van der Waals surface area contributed by atoms with Gasteiger partial charge in [0.2, 0.25) is 0 Å². The van der Waals surface area contributed by atoms with Crippen molar-refractivity contribution in [1.29, 1.82) is 0 Å². The van der Waals surface area contributed by atoms with Gasteiger partial charge in [0.05, 0.1) is 11.5 Å². The van der Waals surface area contributed by atoms with Gasteiger partial charge in [-0.2, -0.15) is 0 Å². The molecule has 1 unspecified atom stereocenters. The number of rotatable bonds is 5. The van der Waals surface area contributed by atoms with Gasteiger partial charge in [-0.3, -0.25) is 0 Å². The molecule has 20 heavy (non-hydrogen) atoms. The van der Waals surface area contributed by atoms with E-state index in [0.29, 0.717) is 5.75 Å². The molecule has 0 aromatic heterocycles.